The molecule has 1 aliphatic heterocycles. The molecule has 1 aliphatic rings. The molecule has 1 amide bonds. The average molecular weight is 371 g/mol. The maximum Gasteiger partial charge on any atom is 0.573 e. The highest BCUT2D eigenvalue weighted by Gasteiger charge is 2.35. The van der Waals surface area contributed by atoms with Crippen LogP contribution in [0.5, 0.6) is 5.75 Å². The van der Waals surface area contributed by atoms with Gasteiger partial charge >= 0.3 is 6.36 Å². The smallest absolute Gasteiger partial charge is 0.406 e. The Kier molecular flexibility index (Phi) is 4.89. The molecule has 1 unspecified atom stereocenters. The minimum atomic E-state index is -4.79. The third-order valence-electron chi connectivity index (χ3n) is 3.64. The van der Waals surface area contributed by atoms with Crippen LogP contribution in [0.4, 0.5) is 17.6 Å². The Morgan fingerprint density at radius 3 is 2.64 bits per heavy atom. The topological polar surface area (TPSA) is 29.5 Å². The van der Waals surface area contributed by atoms with Crippen LogP contribution >= 0.6 is 11.8 Å². The van der Waals surface area contributed by atoms with Gasteiger partial charge in [0.2, 0.25) is 5.91 Å². The van der Waals surface area contributed by atoms with E-state index in [2.05, 4.69) is 4.74 Å². The van der Waals surface area contributed by atoms with Gasteiger partial charge in [-0.3, -0.25) is 4.79 Å². The van der Waals surface area contributed by atoms with E-state index in [-0.39, 0.29) is 24.0 Å². The Morgan fingerprint density at radius 2 is 1.92 bits per heavy atom. The van der Waals surface area contributed by atoms with Gasteiger partial charge in [-0.1, -0.05) is 30.3 Å². The van der Waals surface area contributed by atoms with Crippen molar-refractivity contribution in [2.75, 3.05) is 5.75 Å². The number of hydrogen-bond donors (Lipinski definition) is 0. The molecule has 0 N–H and O–H groups in total. The third-order valence-corrected chi connectivity index (χ3v) is 4.90. The van der Waals surface area contributed by atoms with Crippen LogP contribution in [0.1, 0.15) is 16.5 Å². The molecule has 0 aliphatic carbocycles. The zero-order chi connectivity index (χ0) is 18.0. The molecule has 1 saturated heterocycles. The number of amides is 1. The second-order valence-corrected chi connectivity index (χ2v) is 6.47. The first-order valence-electron chi connectivity index (χ1n) is 7.34. The highest BCUT2D eigenvalue weighted by atomic mass is 32.2. The van der Waals surface area contributed by atoms with Gasteiger partial charge in [0.1, 0.15) is 16.9 Å². The van der Waals surface area contributed by atoms with E-state index in [4.69, 9.17) is 0 Å². The molecule has 2 aromatic carbocycles. The van der Waals surface area contributed by atoms with Gasteiger partial charge in [-0.2, -0.15) is 0 Å². The monoisotopic (exact) mass is 371 g/mol. The van der Waals surface area contributed by atoms with Crippen LogP contribution in [0.15, 0.2) is 48.5 Å². The maximum atomic E-state index is 13.9. The number of ether oxygens (including phenoxy) is 1. The van der Waals surface area contributed by atoms with E-state index in [1.165, 1.54) is 40.9 Å². The molecule has 1 fully saturated rings. The molecule has 0 saturated carbocycles. The summed E-state index contributed by atoms with van der Waals surface area (Å²) in [7, 11) is 0. The van der Waals surface area contributed by atoms with Crippen molar-refractivity contribution in [2.45, 2.75) is 18.3 Å². The minimum absolute atomic E-state index is 0.0491. The first-order chi connectivity index (χ1) is 11.8. The fourth-order valence-electron chi connectivity index (χ4n) is 2.58. The van der Waals surface area contributed by atoms with Crippen molar-refractivity contribution in [1.82, 2.24) is 4.90 Å². The lowest BCUT2D eigenvalue weighted by Gasteiger charge is -2.25. The van der Waals surface area contributed by atoms with Crippen LogP contribution in [0.3, 0.4) is 0 Å². The highest BCUT2D eigenvalue weighted by Crippen LogP contribution is 2.41. The Morgan fingerprint density at radius 1 is 1.16 bits per heavy atom. The van der Waals surface area contributed by atoms with Crippen LogP contribution < -0.4 is 4.74 Å². The normalized spacial score (nSPS) is 17.8. The van der Waals surface area contributed by atoms with E-state index < -0.39 is 17.6 Å². The fourth-order valence-corrected chi connectivity index (χ4v) is 3.75. The summed E-state index contributed by atoms with van der Waals surface area (Å²) in [5.74, 6) is -0.792. The predicted molar refractivity (Wildman–Crippen MR) is 85.3 cm³/mol. The minimum Gasteiger partial charge on any atom is -0.406 e. The zero-order valence-electron chi connectivity index (χ0n) is 12.8. The molecule has 132 valence electrons. The summed E-state index contributed by atoms with van der Waals surface area (Å²) in [5.41, 5.74) is 0.847. The predicted octanol–water partition coefficient (Wildman–Crippen LogP) is 4.50. The number of hydrogen-bond acceptors (Lipinski definition) is 3. The van der Waals surface area contributed by atoms with Crippen molar-refractivity contribution in [2.24, 2.45) is 0 Å². The molecule has 1 heterocycles. The SMILES string of the molecule is O=C1CSC(c2cccc(OC(F)(F)F)c2)N1Cc1ccccc1F. The lowest BCUT2D eigenvalue weighted by atomic mass is 10.1. The van der Waals surface area contributed by atoms with E-state index >= 15 is 0 Å². The third kappa shape index (κ3) is 4.25. The summed E-state index contributed by atoms with van der Waals surface area (Å²) < 4.78 is 55.0. The average Bonchev–Trinajstić information content (AvgIpc) is 2.89. The number of carbonyl (C=O) groups excluding carboxylic acids is 1. The number of alkyl halides is 3. The molecule has 3 nitrogen and oxygen atoms in total. The van der Waals surface area contributed by atoms with Crippen molar-refractivity contribution in [3.8, 4) is 5.75 Å². The second kappa shape index (κ2) is 6.95. The van der Waals surface area contributed by atoms with E-state index in [1.807, 2.05) is 0 Å². The Balaban J connectivity index is 1.84. The molecule has 2 aromatic rings. The summed E-state index contributed by atoms with van der Waals surface area (Å²) >= 11 is 1.28. The highest BCUT2D eigenvalue weighted by molar-refractivity contribution is 8.00. The number of halogens is 4. The second-order valence-electron chi connectivity index (χ2n) is 5.40. The number of carbonyl (C=O) groups is 1. The summed E-state index contributed by atoms with van der Waals surface area (Å²) in [6.07, 6.45) is -4.79. The first kappa shape index (κ1) is 17.6. The van der Waals surface area contributed by atoms with Gasteiger partial charge in [0.15, 0.2) is 0 Å². The first-order valence-corrected chi connectivity index (χ1v) is 8.38. The zero-order valence-corrected chi connectivity index (χ0v) is 13.6. The Bertz CT molecular complexity index is 781. The van der Waals surface area contributed by atoms with Crippen LogP contribution in [-0.4, -0.2) is 22.9 Å². The molecule has 0 spiro atoms. The molecule has 0 aromatic heterocycles. The van der Waals surface area contributed by atoms with Crippen LogP contribution in [0.25, 0.3) is 0 Å². The number of benzene rings is 2. The van der Waals surface area contributed by atoms with Gasteiger partial charge in [-0.15, -0.1) is 24.9 Å². The van der Waals surface area contributed by atoms with E-state index in [1.54, 1.807) is 24.3 Å². The molecular weight excluding hydrogens is 358 g/mol. The van der Waals surface area contributed by atoms with Crippen molar-refractivity contribution >= 4 is 17.7 Å². The van der Waals surface area contributed by atoms with E-state index in [0.717, 1.165) is 0 Å². The lowest BCUT2D eigenvalue weighted by molar-refractivity contribution is -0.274. The fraction of sp³-hybridized carbons (Fsp3) is 0.235. The van der Waals surface area contributed by atoms with Crippen molar-refractivity contribution in [1.29, 1.82) is 0 Å². The molecular formula is C17H13F4NO2S. The van der Waals surface area contributed by atoms with Gasteiger partial charge in [0.05, 0.1) is 5.75 Å². The molecule has 25 heavy (non-hydrogen) atoms. The van der Waals surface area contributed by atoms with Crippen molar-refractivity contribution < 1.29 is 27.1 Å². The van der Waals surface area contributed by atoms with Gasteiger partial charge in [0.25, 0.3) is 0 Å². The van der Waals surface area contributed by atoms with Crippen molar-refractivity contribution in [3.63, 3.8) is 0 Å². The summed E-state index contributed by atoms with van der Waals surface area (Å²) in [6.45, 7) is 0.0491. The molecule has 0 bridgehead atoms. The molecule has 1 atom stereocenters. The quantitative estimate of drug-likeness (QED) is 0.742. The van der Waals surface area contributed by atoms with E-state index in [9.17, 15) is 22.4 Å². The molecule has 0 radical (unpaired) electrons. The van der Waals surface area contributed by atoms with E-state index in [0.29, 0.717) is 11.1 Å². The van der Waals surface area contributed by atoms with Gasteiger partial charge < -0.3 is 9.64 Å². The van der Waals surface area contributed by atoms with Crippen LogP contribution in [-0.2, 0) is 11.3 Å². The van der Waals surface area contributed by atoms with Crippen LogP contribution in [0, 0.1) is 5.82 Å². The maximum absolute atomic E-state index is 13.9. The number of thioether (sulfide) groups is 1. The Hall–Kier alpha value is -2.22. The number of nitrogens with zero attached hydrogens (tertiary/aromatic N) is 1. The summed E-state index contributed by atoms with van der Waals surface area (Å²) in [5, 5.41) is -0.496. The van der Waals surface area contributed by atoms with Gasteiger partial charge in [-0.05, 0) is 23.8 Å². The van der Waals surface area contributed by atoms with Crippen LogP contribution in [0.2, 0.25) is 0 Å². The largest absolute Gasteiger partial charge is 0.573 e. The molecule has 8 heteroatoms. The summed E-state index contributed by atoms with van der Waals surface area (Å²) in [4.78, 5) is 13.6. The van der Waals surface area contributed by atoms with Gasteiger partial charge in [0, 0.05) is 12.1 Å². The standard InChI is InChI=1S/C17H13F4NO2S/c18-14-7-2-1-4-12(14)9-22-15(23)10-25-16(22)11-5-3-6-13(8-11)24-17(19,20)21/h1-8,16H,9-10H2. The van der Waals surface area contributed by atoms with Crippen molar-refractivity contribution in [3.05, 3.63) is 65.5 Å². The lowest BCUT2D eigenvalue weighted by Crippen LogP contribution is -2.28. The Labute approximate surface area is 145 Å². The molecule has 3 rings (SSSR count). The number of rotatable bonds is 4. The van der Waals surface area contributed by atoms with Gasteiger partial charge in [-0.25, -0.2) is 4.39 Å². The summed E-state index contributed by atoms with van der Waals surface area (Å²) in [6, 6.07) is 11.6.